The minimum absolute atomic E-state index is 0.350. The Kier molecular flexibility index (Phi) is 10.9. The molecule has 3 unspecified atom stereocenters. The van der Waals surface area contributed by atoms with Gasteiger partial charge in [-0.1, -0.05) is 61.1 Å². The van der Waals surface area contributed by atoms with Crippen molar-refractivity contribution in [1.82, 2.24) is 9.47 Å². The second kappa shape index (κ2) is 14.6. The van der Waals surface area contributed by atoms with Crippen LogP contribution in [0.25, 0.3) is 37.3 Å². The highest BCUT2D eigenvalue weighted by Crippen LogP contribution is 2.45. The lowest BCUT2D eigenvalue weighted by molar-refractivity contribution is 0.351. The van der Waals surface area contributed by atoms with E-state index in [-0.39, 0.29) is 0 Å². The molecule has 2 saturated heterocycles. The maximum Gasteiger partial charge on any atom is 0.0596 e. The van der Waals surface area contributed by atoms with Gasteiger partial charge in [0.25, 0.3) is 0 Å². The summed E-state index contributed by atoms with van der Waals surface area (Å²) >= 11 is 1.99. The molecule has 0 spiro atoms. The Hall–Kier alpha value is -2.76. The highest BCUT2D eigenvalue weighted by atomic mass is 32.1. The van der Waals surface area contributed by atoms with Crippen molar-refractivity contribution < 1.29 is 0 Å². The third-order valence-corrected chi connectivity index (χ3v) is 12.2. The van der Waals surface area contributed by atoms with Crippen LogP contribution < -0.4 is 10.6 Å². The van der Waals surface area contributed by atoms with Gasteiger partial charge < -0.3 is 20.1 Å². The van der Waals surface area contributed by atoms with Crippen molar-refractivity contribution in [3.8, 4) is 10.6 Å². The number of benzene rings is 2. The number of aromatic nitrogens is 1. The van der Waals surface area contributed by atoms with Crippen LogP contribution in [0.3, 0.4) is 0 Å². The fourth-order valence-electron chi connectivity index (χ4n) is 7.63. The summed E-state index contributed by atoms with van der Waals surface area (Å²) in [7, 11) is 0. The summed E-state index contributed by atoms with van der Waals surface area (Å²) in [5.74, 6) is 2.19. The smallest absolute Gasteiger partial charge is 0.0596 e. The van der Waals surface area contributed by atoms with Gasteiger partial charge in [0.15, 0.2) is 0 Å². The van der Waals surface area contributed by atoms with E-state index in [2.05, 4.69) is 92.0 Å². The summed E-state index contributed by atoms with van der Waals surface area (Å²) in [5.41, 5.74) is 15.7. The van der Waals surface area contributed by atoms with Crippen molar-refractivity contribution in [3.05, 3.63) is 59.7 Å². The molecule has 1 aliphatic carbocycles. The number of nitrogens with two attached hydrogens (primary N) is 1. The molecule has 4 nitrogen and oxygen atoms in total. The maximum atomic E-state index is 6.22. The second-order valence-corrected chi connectivity index (χ2v) is 14.8. The Bertz CT molecular complexity index is 1650. The van der Waals surface area contributed by atoms with Gasteiger partial charge in [0, 0.05) is 59.7 Å². The Morgan fingerprint density at radius 3 is 2.26 bits per heavy atom. The number of aryl methyl sites for hydroxylation is 2. The highest BCUT2D eigenvalue weighted by molar-refractivity contribution is 7.22. The van der Waals surface area contributed by atoms with E-state index >= 15 is 0 Å². The number of nitrogens with zero attached hydrogens (tertiary/aromatic N) is 3. The molecule has 7 rings (SSSR count). The predicted octanol–water partition coefficient (Wildman–Crippen LogP) is 10.7. The van der Waals surface area contributed by atoms with Crippen LogP contribution in [0.1, 0.15) is 97.8 Å². The molecular weight excluding hydrogens is 581 g/mol. The van der Waals surface area contributed by atoms with E-state index in [0.717, 1.165) is 51.4 Å². The number of hydrogen-bond acceptors (Lipinski definition) is 4. The molecule has 1 saturated carbocycles. The molecule has 4 heterocycles. The number of thiophene rings is 1. The lowest BCUT2D eigenvalue weighted by Crippen LogP contribution is -2.39. The van der Waals surface area contributed by atoms with E-state index in [4.69, 9.17) is 5.73 Å². The molecule has 0 radical (unpaired) electrons. The molecule has 0 amide bonds. The van der Waals surface area contributed by atoms with E-state index in [1.165, 1.54) is 72.5 Å². The zero-order chi connectivity index (χ0) is 33.3. The van der Waals surface area contributed by atoms with Crippen molar-refractivity contribution in [3.63, 3.8) is 0 Å². The lowest BCUT2D eigenvalue weighted by Gasteiger charge is -2.32. The first kappa shape index (κ1) is 34.6. The summed E-state index contributed by atoms with van der Waals surface area (Å²) in [6.45, 7) is 28.8. The highest BCUT2D eigenvalue weighted by Gasteiger charge is 2.34. The number of rotatable bonds is 7. The molecule has 5 heteroatoms. The fourth-order valence-corrected chi connectivity index (χ4v) is 8.95. The minimum Gasteiger partial charge on any atom is -0.371 e. The van der Waals surface area contributed by atoms with Gasteiger partial charge >= 0.3 is 0 Å². The Morgan fingerprint density at radius 2 is 1.65 bits per heavy atom. The number of likely N-dealkylation sites (tertiary alicyclic amines) is 1. The summed E-state index contributed by atoms with van der Waals surface area (Å²) in [4.78, 5) is 6.52. The molecule has 2 aromatic heterocycles. The fraction of sp³-hybridized carbons (Fsp3) is 0.561. The standard InChI is InChI=1S/C37H48N4S.2C2H6/c1-7-28-16-30(26(6)40-20-22(2)23(3)25(40)5)18-35-36(28)24(4)37(42-35)34-17-29-10-11-32(39-14-12-31(38)13-15-39)19-33(29)41(34)21-27-8-9-27;2*1-2/h10-11,16-19,22-23,25,27,31H,6-9,12-15,20-21,38H2,1-5H3;2*1-2H3. The molecule has 3 aliphatic rings. The number of anilines is 1. The average molecular weight is 641 g/mol. The van der Waals surface area contributed by atoms with E-state index in [9.17, 15) is 0 Å². The zero-order valence-corrected chi connectivity index (χ0v) is 31.1. The molecule has 46 heavy (non-hydrogen) atoms. The van der Waals surface area contributed by atoms with Gasteiger partial charge in [-0.25, -0.2) is 0 Å². The normalized spacial score (nSPS) is 21.7. The number of hydrogen-bond donors (Lipinski definition) is 1. The third kappa shape index (κ3) is 6.52. The van der Waals surface area contributed by atoms with Gasteiger partial charge in [-0.2, -0.15) is 0 Å². The first-order chi connectivity index (χ1) is 22.2. The SMILES string of the molecule is C=C(c1cc(CC)c2c(C)c(-c3cc4ccc(N5CCC(N)CC5)cc4n3CC3CC3)sc2c1)N1CC(C)C(C)C1C.CC.CC. The second-order valence-electron chi connectivity index (χ2n) is 13.7. The van der Waals surface area contributed by atoms with Crippen molar-refractivity contribution in [1.29, 1.82) is 0 Å². The van der Waals surface area contributed by atoms with Gasteiger partial charge in [0.2, 0.25) is 0 Å². The van der Waals surface area contributed by atoms with Crippen LogP contribution in [0.4, 0.5) is 5.69 Å². The summed E-state index contributed by atoms with van der Waals surface area (Å²) in [6, 6.07) is 15.4. The van der Waals surface area contributed by atoms with Gasteiger partial charge in [0.1, 0.15) is 0 Å². The molecule has 0 bridgehead atoms. The maximum absolute atomic E-state index is 6.22. The lowest BCUT2D eigenvalue weighted by atomic mass is 9.95. The van der Waals surface area contributed by atoms with Gasteiger partial charge in [0.05, 0.1) is 16.1 Å². The third-order valence-electron chi connectivity index (χ3n) is 11.0. The predicted molar refractivity (Wildman–Crippen MR) is 205 cm³/mol. The van der Waals surface area contributed by atoms with Crippen molar-refractivity contribution in [2.45, 2.75) is 113 Å². The molecule has 2 N–H and O–H groups in total. The summed E-state index contributed by atoms with van der Waals surface area (Å²) < 4.78 is 4.06. The topological polar surface area (TPSA) is 37.4 Å². The first-order valence-electron chi connectivity index (χ1n) is 18.4. The molecule has 2 aliphatic heterocycles. The van der Waals surface area contributed by atoms with Crippen molar-refractivity contribution in [2.75, 3.05) is 24.5 Å². The molecule has 3 fully saturated rings. The summed E-state index contributed by atoms with van der Waals surface area (Å²) in [6.07, 6.45) is 5.90. The van der Waals surface area contributed by atoms with E-state index in [1.54, 1.807) is 0 Å². The summed E-state index contributed by atoms with van der Waals surface area (Å²) in [5, 5.41) is 2.81. The van der Waals surface area contributed by atoms with Crippen LogP contribution in [0.2, 0.25) is 0 Å². The van der Waals surface area contributed by atoms with E-state index < -0.39 is 0 Å². The van der Waals surface area contributed by atoms with E-state index in [0.29, 0.717) is 23.9 Å². The Morgan fingerprint density at radius 1 is 0.957 bits per heavy atom. The average Bonchev–Trinajstić information content (AvgIpc) is 3.69. The van der Waals surface area contributed by atoms with Crippen molar-refractivity contribution >= 4 is 43.7 Å². The van der Waals surface area contributed by atoms with Gasteiger partial charge in [-0.05, 0) is 116 Å². The van der Waals surface area contributed by atoms with Crippen LogP contribution in [0, 0.1) is 24.7 Å². The molecular formula is C41H60N4S. The zero-order valence-electron chi connectivity index (χ0n) is 30.2. The number of piperidine rings is 1. The van der Waals surface area contributed by atoms with Crippen LogP contribution in [0.5, 0.6) is 0 Å². The Labute approximate surface area is 283 Å². The van der Waals surface area contributed by atoms with Crippen LogP contribution in [-0.2, 0) is 13.0 Å². The first-order valence-corrected chi connectivity index (χ1v) is 19.2. The van der Waals surface area contributed by atoms with Crippen LogP contribution in [-0.4, -0.2) is 41.2 Å². The monoisotopic (exact) mass is 640 g/mol. The van der Waals surface area contributed by atoms with Crippen LogP contribution in [0.15, 0.2) is 43.0 Å². The largest absolute Gasteiger partial charge is 0.371 e. The molecule has 4 aromatic rings. The van der Waals surface area contributed by atoms with Crippen LogP contribution >= 0.6 is 11.3 Å². The number of fused-ring (bicyclic) bond motifs is 2. The quantitative estimate of drug-likeness (QED) is 0.218. The minimum atomic E-state index is 0.350. The molecule has 250 valence electrons. The molecule has 3 atom stereocenters. The Balaban J connectivity index is 0.00000100. The van der Waals surface area contributed by atoms with Gasteiger partial charge in [-0.15, -0.1) is 11.3 Å². The molecule has 2 aromatic carbocycles. The van der Waals surface area contributed by atoms with E-state index in [1.807, 2.05) is 39.0 Å². The van der Waals surface area contributed by atoms with Crippen molar-refractivity contribution in [2.24, 2.45) is 23.5 Å². The van der Waals surface area contributed by atoms with Gasteiger partial charge in [-0.3, -0.25) is 0 Å².